The molecule has 5 rings (SSSR count). The van der Waals surface area contributed by atoms with Crippen LogP contribution in [0.2, 0.25) is 0 Å². The first-order valence-corrected chi connectivity index (χ1v) is 12.1. The largest absolute Gasteiger partial charge is 0.369 e. The van der Waals surface area contributed by atoms with Crippen LogP contribution in [0, 0.1) is 13.8 Å². The standard InChI is InChI=1S/C29H33N3O/c1-22-8-9-25(18-23(22)2)20-30-14-16-31(17-15-30)27-11-12-28-26(19-27)10-13-29(33)32(28)21-24-6-4-3-5-7-24/h3-9,11-12,18-19H,10,13-17,20-21H2,1-2H3. The Labute approximate surface area is 197 Å². The third-order valence-electron chi connectivity index (χ3n) is 7.16. The maximum Gasteiger partial charge on any atom is 0.227 e. The van der Waals surface area contributed by atoms with Crippen molar-refractivity contribution in [2.75, 3.05) is 36.0 Å². The number of carbonyl (C=O) groups excluding carboxylic acids is 1. The number of benzene rings is 3. The molecule has 2 aliphatic rings. The van der Waals surface area contributed by atoms with Crippen LogP contribution < -0.4 is 9.80 Å². The van der Waals surface area contributed by atoms with E-state index in [1.807, 2.05) is 23.1 Å². The van der Waals surface area contributed by atoms with Crippen molar-refractivity contribution in [3.8, 4) is 0 Å². The molecule has 0 N–H and O–H groups in total. The Kier molecular flexibility index (Phi) is 6.19. The average Bonchev–Trinajstić information content (AvgIpc) is 2.84. The van der Waals surface area contributed by atoms with Gasteiger partial charge in [0.25, 0.3) is 0 Å². The van der Waals surface area contributed by atoms with E-state index in [9.17, 15) is 4.79 Å². The van der Waals surface area contributed by atoms with Gasteiger partial charge in [-0.2, -0.15) is 0 Å². The topological polar surface area (TPSA) is 26.8 Å². The molecule has 0 unspecified atom stereocenters. The first kappa shape index (κ1) is 21.7. The molecule has 3 aromatic carbocycles. The highest BCUT2D eigenvalue weighted by Crippen LogP contribution is 2.33. The van der Waals surface area contributed by atoms with E-state index < -0.39 is 0 Å². The van der Waals surface area contributed by atoms with Gasteiger partial charge in [0.1, 0.15) is 0 Å². The Morgan fingerprint density at radius 2 is 1.52 bits per heavy atom. The molecule has 0 spiro atoms. The molecule has 0 bridgehead atoms. The number of fused-ring (bicyclic) bond motifs is 1. The molecule has 0 atom stereocenters. The highest BCUT2D eigenvalue weighted by atomic mass is 16.2. The molecule has 4 heteroatoms. The van der Waals surface area contributed by atoms with Gasteiger partial charge in [-0.3, -0.25) is 9.69 Å². The number of hydrogen-bond donors (Lipinski definition) is 0. The second kappa shape index (κ2) is 9.40. The van der Waals surface area contributed by atoms with Crippen molar-refractivity contribution in [3.05, 3.63) is 94.5 Å². The second-order valence-electron chi connectivity index (χ2n) is 9.46. The summed E-state index contributed by atoms with van der Waals surface area (Å²) < 4.78 is 0. The number of hydrogen-bond acceptors (Lipinski definition) is 3. The van der Waals surface area contributed by atoms with Crippen LogP contribution in [0.25, 0.3) is 0 Å². The smallest absolute Gasteiger partial charge is 0.227 e. The summed E-state index contributed by atoms with van der Waals surface area (Å²) >= 11 is 0. The summed E-state index contributed by atoms with van der Waals surface area (Å²) in [6.45, 7) is 10.3. The Morgan fingerprint density at radius 1 is 0.727 bits per heavy atom. The molecule has 0 aromatic heterocycles. The summed E-state index contributed by atoms with van der Waals surface area (Å²) in [4.78, 5) is 19.7. The molecule has 1 amide bonds. The van der Waals surface area contributed by atoms with Crippen LogP contribution in [0.5, 0.6) is 0 Å². The molecule has 0 radical (unpaired) electrons. The molecular formula is C29H33N3O. The molecule has 4 nitrogen and oxygen atoms in total. The molecular weight excluding hydrogens is 406 g/mol. The minimum atomic E-state index is 0.221. The zero-order valence-corrected chi connectivity index (χ0v) is 19.8. The van der Waals surface area contributed by atoms with E-state index in [1.165, 1.54) is 33.5 Å². The third-order valence-corrected chi connectivity index (χ3v) is 7.16. The van der Waals surface area contributed by atoms with E-state index in [4.69, 9.17) is 0 Å². The normalized spacial score (nSPS) is 16.7. The lowest BCUT2D eigenvalue weighted by atomic mass is 9.99. The maximum absolute atomic E-state index is 12.7. The number of nitrogens with zero attached hydrogens (tertiary/aromatic N) is 3. The van der Waals surface area contributed by atoms with E-state index >= 15 is 0 Å². The predicted octanol–water partition coefficient (Wildman–Crippen LogP) is 5.11. The van der Waals surface area contributed by atoms with Crippen LogP contribution in [0.15, 0.2) is 66.7 Å². The second-order valence-corrected chi connectivity index (χ2v) is 9.46. The van der Waals surface area contributed by atoms with Crippen molar-refractivity contribution in [1.29, 1.82) is 0 Å². The lowest BCUT2D eigenvalue weighted by Gasteiger charge is -2.37. The number of anilines is 2. The summed E-state index contributed by atoms with van der Waals surface area (Å²) in [5.41, 5.74) is 8.97. The fourth-order valence-corrected chi connectivity index (χ4v) is 5.01. The highest BCUT2D eigenvalue weighted by Gasteiger charge is 2.26. The van der Waals surface area contributed by atoms with Gasteiger partial charge < -0.3 is 9.80 Å². The van der Waals surface area contributed by atoms with Crippen molar-refractivity contribution >= 4 is 17.3 Å². The third kappa shape index (κ3) is 4.81. The van der Waals surface area contributed by atoms with Crippen molar-refractivity contribution in [3.63, 3.8) is 0 Å². The summed E-state index contributed by atoms with van der Waals surface area (Å²) in [6.07, 6.45) is 1.42. The van der Waals surface area contributed by atoms with Crippen LogP contribution in [0.1, 0.15) is 34.2 Å². The Morgan fingerprint density at radius 3 is 2.27 bits per heavy atom. The van der Waals surface area contributed by atoms with E-state index in [2.05, 4.69) is 72.2 Å². The Hall–Kier alpha value is -3.11. The van der Waals surface area contributed by atoms with Gasteiger partial charge in [0.2, 0.25) is 5.91 Å². The van der Waals surface area contributed by atoms with E-state index in [1.54, 1.807) is 0 Å². The lowest BCUT2D eigenvalue weighted by Crippen LogP contribution is -2.46. The van der Waals surface area contributed by atoms with Gasteiger partial charge in [-0.1, -0.05) is 48.5 Å². The van der Waals surface area contributed by atoms with Gasteiger partial charge in [-0.05, 0) is 66.3 Å². The van der Waals surface area contributed by atoms with Crippen LogP contribution in [-0.4, -0.2) is 37.0 Å². The first-order valence-electron chi connectivity index (χ1n) is 12.1. The number of carbonyl (C=O) groups is 1. The minimum Gasteiger partial charge on any atom is -0.369 e. The van der Waals surface area contributed by atoms with E-state index in [0.717, 1.165) is 44.8 Å². The molecule has 33 heavy (non-hydrogen) atoms. The van der Waals surface area contributed by atoms with Crippen LogP contribution in [0.3, 0.4) is 0 Å². The Balaban J connectivity index is 1.25. The predicted molar refractivity (Wildman–Crippen MR) is 136 cm³/mol. The molecule has 1 fully saturated rings. The van der Waals surface area contributed by atoms with Crippen LogP contribution >= 0.6 is 0 Å². The molecule has 2 aliphatic heterocycles. The summed E-state index contributed by atoms with van der Waals surface area (Å²) in [6, 6.07) is 23.8. The van der Waals surface area contributed by atoms with E-state index in [-0.39, 0.29) is 5.91 Å². The van der Waals surface area contributed by atoms with Gasteiger partial charge in [-0.25, -0.2) is 0 Å². The van der Waals surface area contributed by atoms with Crippen molar-refractivity contribution in [2.45, 2.75) is 39.8 Å². The summed E-state index contributed by atoms with van der Waals surface area (Å²) in [7, 11) is 0. The minimum absolute atomic E-state index is 0.221. The number of rotatable bonds is 5. The van der Waals surface area contributed by atoms with Crippen LogP contribution in [0.4, 0.5) is 11.4 Å². The SMILES string of the molecule is Cc1ccc(CN2CCN(c3ccc4c(c3)CCC(=O)N4Cc3ccccc3)CC2)cc1C. The number of piperazine rings is 1. The van der Waals surface area contributed by atoms with Gasteiger partial charge in [0.05, 0.1) is 6.54 Å². The van der Waals surface area contributed by atoms with Crippen molar-refractivity contribution in [2.24, 2.45) is 0 Å². The summed E-state index contributed by atoms with van der Waals surface area (Å²) in [5, 5.41) is 0. The van der Waals surface area contributed by atoms with Gasteiger partial charge in [-0.15, -0.1) is 0 Å². The fourth-order valence-electron chi connectivity index (χ4n) is 5.01. The molecule has 0 saturated carbocycles. The molecule has 3 aromatic rings. The zero-order valence-electron chi connectivity index (χ0n) is 19.8. The molecule has 0 aliphatic carbocycles. The van der Waals surface area contributed by atoms with Gasteiger partial charge >= 0.3 is 0 Å². The Bertz CT molecular complexity index is 1130. The first-order chi connectivity index (χ1) is 16.1. The molecule has 2 heterocycles. The van der Waals surface area contributed by atoms with Crippen molar-refractivity contribution < 1.29 is 4.79 Å². The number of amides is 1. The lowest BCUT2D eigenvalue weighted by molar-refractivity contribution is -0.119. The monoisotopic (exact) mass is 439 g/mol. The maximum atomic E-state index is 12.7. The molecule has 1 saturated heterocycles. The quantitative estimate of drug-likeness (QED) is 0.553. The van der Waals surface area contributed by atoms with E-state index in [0.29, 0.717) is 13.0 Å². The average molecular weight is 440 g/mol. The number of aryl methyl sites for hydroxylation is 3. The van der Waals surface area contributed by atoms with Gasteiger partial charge in [0.15, 0.2) is 0 Å². The zero-order chi connectivity index (χ0) is 22.8. The summed E-state index contributed by atoms with van der Waals surface area (Å²) in [5.74, 6) is 0.221. The van der Waals surface area contributed by atoms with Gasteiger partial charge in [0, 0.05) is 50.5 Å². The van der Waals surface area contributed by atoms with Crippen molar-refractivity contribution in [1.82, 2.24) is 4.90 Å². The molecule has 170 valence electrons. The fraction of sp³-hybridized carbons (Fsp3) is 0.345. The van der Waals surface area contributed by atoms with Crippen LogP contribution in [-0.2, 0) is 24.3 Å². The highest BCUT2D eigenvalue weighted by molar-refractivity contribution is 5.96.